The van der Waals surface area contributed by atoms with Crippen molar-refractivity contribution in [2.24, 2.45) is 0 Å². The Morgan fingerprint density at radius 1 is 1.11 bits per heavy atom. The van der Waals surface area contributed by atoms with Gasteiger partial charge < -0.3 is 5.32 Å². The maximum atomic E-state index is 5.90. The molecule has 2 nitrogen and oxygen atoms in total. The highest BCUT2D eigenvalue weighted by atomic mass is 35.5. The van der Waals surface area contributed by atoms with E-state index in [-0.39, 0.29) is 6.04 Å². The SMILES string of the molecule is CCCC(Nc1cccc(Cl)n1)c1ccccc1. The Morgan fingerprint density at radius 2 is 1.89 bits per heavy atom. The molecule has 2 aromatic rings. The molecule has 0 aliphatic heterocycles. The summed E-state index contributed by atoms with van der Waals surface area (Å²) in [5.41, 5.74) is 1.28. The van der Waals surface area contributed by atoms with Crippen LogP contribution in [0.1, 0.15) is 31.4 Å². The lowest BCUT2D eigenvalue weighted by atomic mass is 10.0. The first-order chi connectivity index (χ1) is 8.79. The van der Waals surface area contributed by atoms with Crippen LogP contribution in [0.4, 0.5) is 5.82 Å². The highest BCUT2D eigenvalue weighted by Crippen LogP contribution is 2.23. The summed E-state index contributed by atoms with van der Waals surface area (Å²) < 4.78 is 0. The van der Waals surface area contributed by atoms with Crippen LogP contribution in [0.3, 0.4) is 0 Å². The summed E-state index contributed by atoms with van der Waals surface area (Å²) in [5.74, 6) is 0.824. The maximum absolute atomic E-state index is 5.90. The number of halogens is 1. The molecule has 0 bridgehead atoms. The minimum Gasteiger partial charge on any atom is -0.363 e. The smallest absolute Gasteiger partial charge is 0.131 e. The van der Waals surface area contributed by atoms with Crippen molar-refractivity contribution in [3.63, 3.8) is 0 Å². The molecule has 94 valence electrons. The average Bonchev–Trinajstić information content (AvgIpc) is 2.39. The molecular weight excluding hydrogens is 244 g/mol. The molecule has 0 aliphatic carbocycles. The fourth-order valence-electron chi connectivity index (χ4n) is 1.96. The van der Waals surface area contributed by atoms with Crippen LogP contribution in [-0.4, -0.2) is 4.98 Å². The third-order valence-electron chi connectivity index (χ3n) is 2.82. The first-order valence-electron chi connectivity index (χ1n) is 6.23. The Labute approximate surface area is 113 Å². The lowest BCUT2D eigenvalue weighted by Crippen LogP contribution is -2.11. The highest BCUT2D eigenvalue weighted by Gasteiger charge is 2.10. The Morgan fingerprint density at radius 3 is 2.56 bits per heavy atom. The minimum atomic E-state index is 0.280. The molecule has 0 radical (unpaired) electrons. The molecule has 0 spiro atoms. The van der Waals surface area contributed by atoms with Gasteiger partial charge >= 0.3 is 0 Å². The Bertz CT molecular complexity index is 485. The molecule has 0 amide bonds. The molecule has 2 rings (SSSR count). The van der Waals surface area contributed by atoms with Crippen LogP contribution >= 0.6 is 11.6 Å². The second-order valence-electron chi connectivity index (χ2n) is 4.24. The molecular formula is C15H17ClN2. The van der Waals surface area contributed by atoms with Crippen molar-refractivity contribution in [1.82, 2.24) is 4.98 Å². The van der Waals surface area contributed by atoms with Crippen LogP contribution in [0.5, 0.6) is 0 Å². The summed E-state index contributed by atoms with van der Waals surface area (Å²) in [4.78, 5) is 4.28. The zero-order valence-electron chi connectivity index (χ0n) is 10.4. The molecule has 1 aromatic heterocycles. The van der Waals surface area contributed by atoms with Crippen molar-refractivity contribution in [1.29, 1.82) is 0 Å². The number of hydrogen-bond donors (Lipinski definition) is 1. The topological polar surface area (TPSA) is 24.9 Å². The zero-order valence-corrected chi connectivity index (χ0v) is 11.2. The van der Waals surface area contributed by atoms with E-state index in [1.165, 1.54) is 5.56 Å². The van der Waals surface area contributed by atoms with Crippen molar-refractivity contribution in [3.05, 3.63) is 59.2 Å². The fourth-order valence-corrected chi connectivity index (χ4v) is 2.13. The van der Waals surface area contributed by atoms with Gasteiger partial charge in [0.1, 0.15) is 11.0 Å². The first-order valence-corrected chi connectivity index (χ1v) is 6.61. The Balaban J connectivity index is 2.16. The van der Waals surface area contributed by atoms with E-state index >= 15 is 0 Å². The molecule has 1 heterocycles. The third kappa shape index (κ3) is 3.47. The fraction of sp³-hybridized carbons (Fsp3) is 0.267. The zero-order chi connectivity index (χ0) is 12.8. The van der Waals surface area contributed by atoms with Gasteiger partial charge in [-0.25, -0.2) is 4.98 Å². The van der Waals surface area contributed by atoms with Crippen molar-refractivity contribution < 1.29 is 0 Å². The molecule has 1 aromatic carbocycles. The third-order valence-corrected chi connectivity index (χ3v) is 3.03. The summed E-state index contributed by atoms with van der Waals surface area (Å²) in [6.07, 6.45) is 2.19. The van der Waals surface area contributed by atoms with Crippen LogP contribution in [-0.2, 0) is 0 Å². The number of nitrogens with one attached hydrogen (secondary N) is 1. The highest BCUT2D eigenvalue weighted by molar-refractivity contribution is 6.29. The van der Waals surface area contributed by atoms with E-state index in [1.807, 2.05) is 18.2 Å². The molecule has 1 N–H and O–H groups in total. The number of hydrogen-bond acceptors (Lipinski definition) is 2. The van der Waals surface area contributed by atoms with Gasteiger partial charge in [-0.2, -0.15) is 0 Å². The quantitative estimate of drug-likeness (QED) is 0.789. The molecule has 0 saturated heterocycles. The first kappa shape index (κ1) is 12.9. The van der Waals surface area contributed by atoms with E-state index in [9.17, 15) is 0 Å². The van der Waals surface area contributed by atoms with Crippen LogP contribution < -0.4 is 5.32 Å². The van der Waals surface area contributed by atoms with E-state index in [1.54, 1.807) is 6.07 Å². The van der Waals surface area contributed by atoms with E-state index < -0.39 is 0 Å². The molecule has 0 fully saturated rings. The van der Waals surface area contributed by atoms with Crippen molar-refractivity contribution in [3.8, 4) is 0 Å². The Hall–Kier alpha value is -1.54. The molecule has 0 saturated carbocycles. The number of nitrogens with zero attached hydrogens (tertiary/aromatic N) is 1. The number of aromatic nitrogens is 1. The Kier molecular flexibility index (Phi) is 4.59. The second kappa shape index (κ2) is 6.41. The number of rotatable bonds is 5. The van der Waals surface area contributed by atoms with Crippen LogP contribution in [0.25, 0.3) is 0 Å². The van der Waals surface area contributed by atoms with Gasteiger partial charge in [0.15, 0.2) is 0 Å². The van der Waals surface area contributed by atoms with Crippen LogP contribution in [0.15, 0.2) is 48.5 Å². The summed E-state index contributed by atoms with van der Waals surface area (Å²) in [5, 5.41) is 3.96. The van der Waals surface area contributed by atoms with Gasteiger partial charge in [-0.15, -0.1) is 0 Å². The van der Waals surface area contributed by atoms with E-state index in [0.29, 0.717) is 5.15 Å². The van der Waals surface area contributed by atoms with Gasteiger partial charge in [0, 0.05) is 0 Å². The van der Waals surface area contributed by atoms with Gasteiger partial charge in [0.2, 0.25) is 0 Å². The van der Waals surface area contributed by atoms with E-state index in [0.717, 1.165) is 18.7 Å². The summed E-state index contributed by atoms with van der Waals surface area (Å²) >= 11 is 5.90. The predicted octanol–water partition coefficient (Wildman–Crippen LogP) is 4.69. The van der Waals surface area contributed by atoms with Gasteiger partial charge in [0.25, 0.3) is 0 Å². The normalized spacial score (nSPS) is 12.1. The largest absolute Gasteiger partial charge is 0.363 e. The van der Waals surface area contributed by atoms with E-state index in [4.69, 9.17) is 11.6 Å². The van der Waals surface area contributed by atoms with Crippen LogP contribution in [0.2, 0.25) is 5.15 Å². The van der Waals surface area contributed by atoms with Crippen LogP contribution in [0, 0.1) is 0 Å². The van der Waals surface area contributed by atoms with Crippen molar-refractivity contribution >= 4 is 17.4 Å². The van der Waals surface area contributed by atoms with Gasteiger partial charge in [-0.05, 0) is 24.1 Å². The van der Waals surface area contributed by atoms with Crippen molar-refractivity contribution in [2.45, 2.75) is 25.8 Å². The summed E-state index contributed by atoms with van der Waals surface area (Å²) in [7, 11) is 0. The van der Waals surface area contributed by atoms with E-state index in [2.05, 4.69) is 41.5 Å². The van der Waals surface area contributed by atoms with Crippen molar-refractivity contribution in [2.75, 3.05) is 5.32 Å². The minimum absolute atomic E-state index is 0.280. The second-order valence-corrected chi connectivity index (χ2v) is 4.63. The van der Waals surface area contributed by atoms with Gasteiger partial charge in [-0.1, -0.05) is 61.3 Å². The molecule has 1 atom stereocenters. The monoisotopic (exact) mass is 260 g/mol. The number of anilines is 1. The molecule has 0 aliphatic rings. The summed E-state index contributed by atoms with van der Waals surface area (Å²) in [6.45, 7) is 2.18. The molecule has 3 heteroatoms. The van der Waals surface area contributed by atoms with Gasteiger partial charge in [0.05, 0.1) is 6.04 Å². The molecule has 1 unspecified atom stereocenters. The average molecular weight is 261 g/mol. The molecule has 18 heavy (non-hydrogen) atoms. The summed E-state index contributed by atoms with van der Waals surface area (Å²) in [6, 6.07) is 16.3. The lowest BCUT2D eigenvalue weighted by molar-refractivity contribution is 0.675. The lowest BCUT2D eigenvalue weighted by Gasteiger charge is -2.19. The van der Waals surface area contributed by atoms with Gasteiger partial charge in [-0.3, -0.25) is 0 Å². The number of pyridine rings is 1. The number of benzene rings is 1. The maximum Gasteiger partial charge on any atom is 0.131 e. The predicted molar refractivity (Wildman–Crippen MR) is 77.0 cm³/mol. The standard InChI is InChI=1S/C15H17ClN2/c1-2-7-13(12-8-4-3-5-9-12)17-15-11-6-10-14(16)18-15/h3-6,8-11,13H,2,7H2,1H3,(H,17,18).